The monoisotopic (exact) mass is 1120 g/mol. The average molecular weight is 1120 g/mol. The first-order chi connectivity index (χ1) is 38.4. The molecule has 0 bridgehead atoms. The normalized spacial score (nSPS) is 11.1. The lowest BCUT2D eigenvalue weighted by Crippen LogP contribution is -2.52. The molecule has 0 aliphatic carbocycles. The summed E-state index contributed by atoms with van der Waals surface area (Å²) in [6.07, 6.45) is 22.8. The SMILES string of the molecule is CNC(=O)CN(CCCCCCN)C(=O)CN(CCCCCCN)C(=O)CN(CCCCCCN)C(=O)CN(CCCCCCN)C(=O)CN(CCCCCCN)C(=O)CN(CCCCCCN)C(=O)CNCCCCCCN. The van der Waals surface area contributed by atoms with Crippen molar-refractivity contribution < 1.29 is 33.6 Å². The summed E-state index contributed by atoms with van der Waals surface area (Å²) in [5, 5.41) is 5.86. The van der Waals surface area contributed by atoms with Gasteiger partial charge in [-0.05, 0) is 142 Å². The highest BCUT2D eigenvalue weighted by Gasteiger charge is 2.30. The molecular formula is C57H117N15O7. The Morgan fingerprint density at radius 3 is 0.696 bits per heavy atom. The smallest absolute Gasteiger partial charge is 0.242 e. The van der Waals surface area contributed by atoms with Crippen LogP contribution in [-0.4, -0.2) is 215 Å². The third-order valence-corrected chi connectivity index (χ3v) is 14.2. The van der Waals surface area contributed by atoms with Crippen LogP contribution in [0.2, 0.25) is 0 Å². The molecule has 0 aliphatic heterocycles. The van der Waals surface area contributed by atoms with Crippen molar-refractivity contribution in [1.82, 2.24) is 40.0 Å². The summed E-state index contributed by atoms with van der Waals surface area (Å²) in [4.78, 5) is 108. The van der Waals surface area contributed by atoms with Crippen LogP contribution in [0.5, 0.6) is 0 Å². The molecule has 0 spiro atoms. The zero-order chi connectivity index (χ0) is 58.6. The van der Waals surface area contributed by atoms with Crippen LogP contribution in [0.15, 0.2) is 0 Å². The molecule has 0 heterocycles. The third kappa shape index (κ3) is 40.7. The third-order valence-electron chi connectivity index (χ3n) is 14.2. The Bertz CT molecular complexity index is 1570. The van der Waals surface area contributed by atoms with Gasteiger partial charge in [0.1, 0.15) is 0 Å². The number of nitrogens with zero attached hydrogens (tertiary/aromatic N) is 6. The number of nitrogens with two attached hydrogens (primary N) is 7. The van der Waals surface area contributed by atoms with Crippen LogP contribution >= 0.6 is 0 Å². The molecule has 22 nitrogen and oxygen atoms in total. The Morgan fingerprint density at radius 2 is 0.468 bits per heavy atom. The maximum absolute atomic E-state index is 14.8. The van der Waals surface area contributed by atoms with E-state index in [2.05, 4.69) is 10.6 Å². The summed E-state index contributed by atoms with van der Waals surface area (Å²) in [6.45, 7) is 4.99. The second-order valence-electron chi connectivity index (χ2n) is 21.2. The Balaban J connectivity index is 6.95. The Morgan fingerprint density at radius 1 is 0.266 bits per heavy atom. The van der Waals surface area contributed by atoms with Crippen molar-refractivity contribution in [2.24, 2.45) is 40.1 Å². The quantitative estimate of drug-likeness (QED) is 0.0393. The van der Waals surface area contributed by atoms with Gasteiger partial charge in [-0.15, -0.1) is 0 Å². The highest BCUT2D eigenvalue weighted by molar-refractivity contribution is 5.93. The van der Waals surface area contributed by atoms with Crippen LogP contribution in [0.25, 0.3) is 0 Å². The number of hydrogen-bond donors (Lipinski definition) is 9. The van der Waals surface area contributed by atoms with E-state index in [1.54, 1.807) is 4.90 Å². The fourth-order valence-electron chi connectivity index (χ4n) is 9.18. The molecule has 0 aromatic rings. The minimum Gasteiger partial charge on any atom is -0.358 e. The van der Waals surface area contributed by atoms with Crippen LogP contribution in [-0.2, 0) is 33.6 Å². The maximum atomic E-state index is 14.8. The zero-order valence-corrected chi connectivity index (χ0v) is 49.7. The predicted octanol–water partition coefficient (Wildman–Crippen LogP) is 1.93. The summed E-state index contributed by atoms with van der Waals surface area (Å²) in [5.41, 5.74) is 40.3. The van der Waals surface area contributed by atoms with Gasteiger partial charge in [0.05, 0.1) is 45.8 Å². The molecule has 0 atom stereocenters. The van der Waals surface area contributed by atoms with Gasteiger partial charge in [0.2, 0.25) is 41.4 Å². The lowest BCUT2D eigenvalue weighted by Gasteiger charge is -2.32. The number of likely N-dealkylation sites (N-methyl/N-ethyl adjacent to an activating group) is 1. The molecule has 79 heavy (non-hydrogen) atoms. The number of nitrogens with one attached hydrogen (secondary N) is 2. The molecule has 0 fully saturated rings. The van der Waals surface area contributed by atoms with Crippen molar-refractivity contribution in [3.8, 4) is 0 Å². The minimum absolute atomic E-state index is 0.0893. The summed E-state index contributed by atoms with van der Waals surface area (Å²) in [6, 6.07) is 0. The summed E-state index contributed by atoms with van der Waals surface area (Å²) in [7, 11) is 1.52. The second kappa shape index (κ2) is 53.3. The van der Waals surface area contributed by atoms with Gasteiger partial charge in [0, 0.05) is 46.3 Å². The van der Waals surface area contributed by atoms with Gasteiger partial charge >= 0.3 is 0 Å². The van der Waals surface area contributed by atoms with Crippen LogP contribution in [0.4, 0.5) is 0 Å². The van der Waals surface area contributed by atoms with Crippen molar-refractivity contribution in [2.75, 3.05) is 144 Å². The molecule has 0 saturated carbocycles. The van der Waals surface area contributed by atoms with Crippen LogP contribution in [0.1, 0.15) is 180 Å². The van der Waals surface area contributed by atoms with Crippen molar-refractivity contribution in [2.45, 2.75) is 180 Å². The second-order valence-corrected chi connectivity index (χ2v) is 21.2. The first kappa shape index (κ1) is 75.0. The fourth-order valence-corrected chi connectivity index (χ4v) is 9.18. The van der Waals surface area contributed by atoms with Crippen LogP contribution in [0, 0.1) is 0 Å². The van der Waals surface area contributed by atoms with Crippen LogP contribution in [0.3, 0.4) is 0 Å². The molecule has 0 radical (unpaired) electrons. The highest BCUT2D eigenvalue weighted by atomic mass is 16.2. The molecule has 0 unspecified atom stereocenters. The van der Waals surface area contributed by atoms with Gasteiger partial charge in [-0.3, -0.25) is 33.6 Å². The standard InChI is InChI=1S/C57H117N15O7/c1-65-51(73)45-67(38-24-10-3-17-31-59)53(75)47-69(40-26-12-5-19-33-61)55(77)49-71(42-28-14-7-21-35-63)57(79)50-72(43-29-15-8-22-36-64)56(78)48-70(41-27-13-6-20-34-62)54(76)46-68(39-25-11-4-18-32-60)52(74)44-66-37-23-9-2-16-30-58/h66H,2-50,58-64H2,1H3,(H,65,73). The van der Waals surface area contributed by atoms with E-state index >= 15 is 0 Å². The molecule has 7 amide bonds. The molecular weight excluding hydrogens is 1010 g/mol. The molecule has 0 aromatic carbocycles. The van der Waals surface area contributed by atoms with Crippen molar-refractivity contribution >= 4 is 41.4 Å². The van der Waals surface area contributed by atoms with Gasteiger partial charge in [-0.2, -0.15) is 0 Å². The number of carbonyl (C=O) groups is 7. The van der Waals surface area contributed by atoms with Gasteiger partial charge < -0.3 is 80.2 Å². The lowest BCUT2D eigenvalue weighted by molar-refractivity contribution is -0.148. The number of hydrogen-bond acceptors (Lipinski definition) is 15. The first-order valence-electron chi connectivity index (χ1n) is 30.9. The van der Waals surface area contributed by atoms with E-state index in [0.29, 0.717) is 104 Å². The van der Waals surface area contributed by atoms with Crippen molar-refractivity contribution in [3.63, 3.8) is 0 Å². The van der Waals surface area contributed by atoms with E-state index in [9.17, 15) is 33.6 Å². The zero-order valence-electron chi connectivity index (χ0n) is 49.7. The molecule has 0 aromatic heterocycles. The fraction of sp³-hybridized carbons (Fsp3) is 0.877. The Kier molecular flexibility index (Phi) is 50.6. The van der Waals surface area contributed by atoms with E-state index in [1.165, 1.54) is 31.5 Å². The topological polar surface area (TPSA) is 345 Å². The van der Waals surface area contributed by atoms with Crippen molar-refractivity contribution in [1.29, 1.82) is 0 Å². The molecule has 462 valence electrons. The van der Waals surface area contributed by atoms with E-state index < -0.39 is 17.7 Å². The van der Waals surface area contributed by atoms with Crippen molar-refractivity contribution in [3.05, 3.63) is 0 Å². The Hall–Kier alpha value is -4.03. The molecule has 22 heteroatoms. The molecule has 16 N–H and O–H groups in total. The lowest BCUT2D eigenvalue weighted by atomic mass is 10.1. The van der Waals surface area contributed by atoms with Crippen LogP contribution < -0.4 is 50.8 Å². The molecule has 0 rings (SSSR count). The average Bonchev–Trinajstić information content (AvgIpc) is 3.44. The number of amides is 7. The van der Waals surface area contributed by atoms with E-state index in [4.69, 9.17) is 40.1 Å². The number of unbranched alkanes of at least 4 members (excludes halogenated alkanes) is 21. The van der Waals surface area contributed by atoms with Gasteiger partial charge in [-0.25, -0.2) is 0 Å². The maximum Gasteiger partial charge on any atom is 0.242 e. The number of rotatable bonds is 56. The van der Waals surface area contributed by atoms with E-state index in [0.717, 1.165) is 141 Å². The first-order valence-corrected chi connectivity index (χ1v) is 30.9. The molecule has 0 saturated heterocycles. The highest BCUT2D eigenvalue weighted by Crippen LogP contribution is 2.13. The minimum atomic E-state index is -0.423. The molecule has 0 aliphatic rings. The summed E-state index contributed by atoms with van der Waals surface area (Å²) in [5.74, 6) is -2.45. The largest absolute Gasteiger partial charge is 0.358 e. The summed E-state index contributed by atoms with van der Waals surface area (Å²) >= 11 is 0. The number of carbonyl (C=O) groups excluding carboxylic acids is 7. The Labute approximate surface area is 477 Å². The van der Waals surface area contributed by atoms with Gasteiger partial charge in [0.15, 0.2) is 0 Å². The van der Waals surface area contributed by atoms with E-state index in [1.807, 2.05) is 0 Å². The van der Waals surface area contributed by atoms with E-state index in [-0.39, 0.29) is 95.6 Å². The van der Waals surface area contributed by atoms with Gasteiger partial charge in [0.25, 0.3) is 0 Å². The predicted molar refractivity (Wildman–Crippen MR) is 319 cm³/mol. The summed E-state index contributed by atoms with van der Waals surface area (Å²) < 4.78 is 0. The van der Waals surface area contributed by atoms with Gasteiger partial charge in [-0.1, -0.05) is 89.9 Å².